The third kappa shape index (κ3) is 5.43. The van der Waals surface area contributed by atoms with Gasteiger partial charge in [0.05, 0.1) is 30.9 Å². The number of hydrogen-bond donors (Lipinski definition) is 2. The number of methoxy groups -OCH3 is 1. The summed E-state index contributed by atoms with van der Waals surface area (Å²) in [6.07, 6.45) is 3.96. The Balaban J connectivity index is 1.51. The van der Waals surface area contributed by atoms with Crippen LogP contribution in [0.5, 0.6) is 5.75 Å². The minimum atomic E-state index is -0.371. The first-order valence-corrected chi connectivity index (χ1v) is 12.5. The largest absolute Gasteiger partial charge is 0.494 e. The molecule has 0 aliphatic carbocycles. The number of carbonyl (C=O) groups excluding carboxylic acids is 1. The van der Waals surface area contributed by atoms with Crippen LogP contribution >= 0.6 is 0 Å². The number of fused-ring (bicyclic) bond motifs is 1. The number of ether oxygens (including phenoxy) is 1. The highest BCUT2D eigenvalue weighted by atomic mass is 16.5. The summed E-state index contributed by atoms with van der Waals surface area (Å²) in [5, 5.41) is 5.96. The molecule has 2 aromatic heterocycles. The van der Waals surface area contributed by atoms with Gasteiger partial charge in [-0.1, -0.05) is 12.6 Å². The highest BCUT2D eigenvalue weighted by Gasteiger charge is 2.19. The van der Waals surface area contributed by atoms with Crippen LogP contribution in [0.3, 0.4) is 0 Å². The second-order valence-electron chi connectivity index (χ2n) is 9.33. The lowest BCUT2D eigenvalue weighted by atomic mass is 10.1. The van der Waals surface area contributed by atoms with Crippen molar-refractivity contribution in [3.8, 4) is 11.4 Å². The number of aryl methyl sites for hydroxylation is 1. The van der Waals surface area contributed by atoms with Crippen LogP contribution in [0.4, 0.5) is 23.0 Å². The first-order valence-electron chi connectivity index (χ1n) is 12.5. The van der Waals surface area contributed by atoms with E-state index in [2.05, 4.69) is 55.9 Å². The molecule has 2 aromatic carbocycles. The Morgan fingerprint density at radius 2 is 1.90 bits per heavy atom. The Hall–Kier alpha value is -4.77. The maximum atomic E-state index is 12.9. The van der Waals surface area contributed by atoms with Crippen molar-refractivity contribution < 1.29 is 9.53 Å². The molecule has 1 saturated heterocycles. The molecule has 39 heavy (non-hydrogen) atoms. The smallest absolute Gasteiger partial charge is 0.275 e. The number of rotatable bonds is 7. The van der Waals surface area contributed by atoms with Crippen molar-refractivity contribution in [2.45, 2.75) is 6.92 Å². The maximum absolute atomic E-state index is 12.9. The average molecular weight is 527 g/mol. The number of anilines is 4. The van der Waals surface area contributed by atoms with E-state index in [-0.39, 0.29) is 17.4 Å². The van der Waals surface area contributed by atoms with E-state index in [0.717, 1.165) is 37.4 Å². The van der Waals surface area contributed by atoms with Crippen LogP contribution in [0, 0.1) is 6.92 Å². The number of piperazine rings is 1. The molecule has 4 aromatic rings. The van der Waals surface area contributed by atoms with E-state index < -0.39 is 0 Å². The van der Waals surface area contributed by atoms with Crippen molar-refractivity contribution in [2.24, 2.45) is 0 Å². The molecule has 1 aliphatic heterocycles. The second-order valence-corrected chi connectivity index (χ2v) is 9.33. The fourth-order valence-electron chi connectivity index (χ4n) is 4.59. The van der Waals surface area contributed by atoms with Gasteiger partial charge in [-0.15, -0.1) is 0 Å². The Labute approximate surface area is 225 Å². The minimum absolute atomic E-state index is 0.282. The monoisotopic (exact) mass is 526 g/mol. The standard InChI is InChI=1S/C28H30N8O3/c1-5-25(37)31-19-7-6-8-20(14-19)36-26(38)17-29-22-16-30-28(33-27(22)36)32-21-13-18(2)23(15-24(21)39-4)35-11-9-34(3)10-12-35/h5-8,13-17H,1,9-12H2,2-4H3,(H,31,37)(H,30,32,33). The average Bonchev–Trinajstić information content (AvgIpc) is 2.94. The molecule has 0 spiro atoms. The number of benzene rings is 2. The Morgan fingerprint density at radius 1 is 1.10 bits per heavy atom. The zero-order valence-corrected chi connectivity index (χ0v) is 22.1. The molecular formula is C28H30N8O3. The topological polar surface area (TPSA) is 118 Å². The summed E-state index contributed by atoms with van der Waals surface area (Å²) in [7, 11) is 3.76. The van der Waals surface area contributed by atoms with Crippen LogP contribution in [0.2, 0.25) is 0 Å². The van der Waals surface area contributed by atoms with E-state index >= 15 is 0 Å². The molecule has 1 fully saturated rings. The highest BCUT2D eigenvalue weighted by molar-refractivity contribution is 5.99. The van der Waals surface area contributed by atoms with Crippen LogP contribution < -0.4 is 25.8 Å². The van der Waals surface area contributed by atoms with Gasteiger partial charge in [-0.2, -0.15) is 4.98 Å². The molecule has 0 saturated carbocycles. The van der Waals surface area contributed by atoms with Gasteiger partial charge in [0.25, 0.3) is 5.56 Å². The molecule has 200 valence electrons. The van der Waals surface area contributed by atoms with Gasteiger partial charge >= 0.3 is 0 Å². The van der Waals surface area contributed by atoms with Crippen LogP contribution in [0.25, 0.3) is 16.9 Å². The van der Waals surface area contributed by atoms with E-state index in [1.807, 2.05) is 12.1 Å². The molecule has 0 atom stereocenters. The summed E-state index contributed by atoms with van der Waals surface area (Å²) in [5.74, 6) is 0.591. The summed E-state index contributed by atoms with van der Waals surface area (Å²) >= 11 is 0. The molecule has 3 heterocycles. The number of amides is 1. The molecular weight excluding hydrogens is 496 g/mol. The van der Waals surface area contributed by atoms with Crippen molar-refractivity contribution in [2.75, 3.05) is 55.9 Å². The highest BCUT2D eigenvalue weighted by Crippen LogP contribution is 2.35. The second kappa shape index (κ2) is 10.9. The van der Waals surface area contributed by atoms with Crippen LogP contribution in [0.1, 0.15) is 5.56 Å². The molecule has 1 aliphatic rings. The fourth-order valence-corrected chi connectivity index (χ4v) is 4.59. The molecule has 0 unspecified atom stereocenters. The molecule has 5 rings (SSSR count). The molecule has 0 radical (unpaired) electrons. The number of hydrogen-bond acceptors (Lipinski definition) is 9. The fraction of sp³-hybridized carbons (Fsp3) is 0.250. The van der Waals surface area contributed by atoms with Crippen LogP contribution in [-0.2, 0) is 4.79 Å². The number of likely N-dealkylation sites (N-methyl/N-ethyl adjacent to an activating group) is 1. The maximum Gasteiger partial charge on any atom is 0.275 e. The predicted molar refractivity (Wildman–Crippen MR) is 152 cm³/mol. The molecule has 11 nitrogen and oxygen atoms in total. The summed E-state index contributed by atoms with van der Waals surface area (Å²) in [6, 6.07) is 10.9. The normalized spacial score (nSPS) is 13.8. The number of nitrogens with one attached hydrogen (secondary N) is 2. The van der Waals surface area contributed by atoms with E-state index in [9.17, 15) is 9.59 Å². The van der Waals surface area contributed by atoms with E-state index in [1.165, 1.54) is 16.8 Å². The molecule has 11 heteroatoms. The van der Waals surface area contributed by atoms with Crippen molar-refractivity contribution in [3.63, 3.8) is 0 Å². The van der Waals surface area contributed by atoms with E-state index in [1.54, 1.807) is 37.6 Å². The third-order valence-electron chi connectivity index (χ3n) is 6.66. The lowest BCUT2D eigenvalue weighted by molar-refractivity contribution is -0.111. The van der Waals surface area contributed by atoms with Crippen molar-refractivity contribution >= 4 is 40.1 Å². The van der Waals surface area contributed by atoms with Gasteiger partial charge in [0.1, 0.15) is 11.3 Å². The van der Waals surface area contributed by atoms with Gasteiger partial charge in [0.2, 0.25) is 11.9 Å². The van der Waals surface area contributed by atoms with E-state index in [4.69, 9.17) is 4.74 Å². The van der Waals surface area contributed by atoms with E-state index in [0.29, 0.717) is 34.0 Å². The van der Waals surface area contributed by atoms with Gasteiger partial charge in [0.15, 0.2) is 5.65 Å². The van der Waals surface area contributed by atoms with Gasteiger partial charge in [-0.25, -0.2) is 9.97 Å². The minimum Gasteiger partial charge on any atom is -0.494 e. The molecule has 0 bridgehead atoms. The Kier molecular flexibility index (Phi) is 7.24. The zero-order valence-electron chi connectivity index (χ0n) is 22.1. The summed E-state index contributed by atoms with van der Waals surface area (Å²) < 4.78 is 7.14. The lowest BCUT2D eigenvalue weighted by Crippen LogP contribution is -2.44. The summed E-state index contributed by atoms with van der Waals surface area (Å²) in [4.78, 5) is 42.7. The summed E-state index contributed by atoms with van der Waals surface area (Å²) in [6.45, 7) is 9.45. The first kappa shape index (κ1) is 25.9. The predicted octanol–water partition coefficient (Wildman–Crippen LogP) is 3.11. The quantitative estimate of drug-likeness (QED) is 0.350. The van der Waals surface area contributed by atoms with Gasteiger partial charge < -0.3 is 25.2 Å². The van der Waals surface area contributed by atoms with Crippen molar-refractivity contribution in [1.82, 2.24) is 24.4 Å². The Bertz CT molecular complexity index is 1610. The lowest BCUT2D eigenvalue weighted by Gasteiger charge is -2.35. The molecule has 2 N–H and O–H groups in total. The van der Waals surface area contributed by atoms with Crippen molar-refractivity contribution in [1.29, 1.82) is 0 Å². The number of aromatic nitrogens is 4. The number of nitrogens with zero attached hydrogens (tertiary/aromatic N) is 6. The van der Waals surface area contributed by atoms with Crippen LogP contribution in [0.15, 0.2) is 66.2 Å². The SMILES string of the molecule is C=CC(=O)Nc1cccc(-n2c(=O)cnc3cnc(Nc4cc(C)c(N5CCN(C)CC5)cc4OC)nc32)c1. The zero-order chi connectivity index (χ0) is 27.5. The Morgan fingerprint density at radius 3 is 2.64 bits per heavy atom. The van der Waals surface area contributed by atoms with Gasteiger partial charge in [-0.3, -0.25) is 14.2 Å². The number of carbonyl (C=O) groups is 1. The van der Waals surface area contributed by atoms with Crippen LogP contribution in [-0.4, -0.2) is 70.7 Å². The van der Waals surface area contributed by atoms with Gasteiger partial charge in [0, 0.05) is 43.6 Å². The van der Waals surface area contributed by atoms with Gasteiger partial charge in [-0.05, 0) is 49.9 Å². The first-order chi connectivity index (χ1) is 18.9. The molecule has 1 amide bonds. The third-order valence-corrected chi connectivity index (χ3v) is 6.66. The van der Waals surface area contributed by atoms with Crippen molar-refractivity contribution in [3.05, 3.63) is 77.4 Å². The summed E-state index contributed by atoms with van der Waals surface area (Å²) in [5.41, 5.74) is 4.35.